The minimum atomic E-state index is -0.697. The molecule has 0 saturated heterocycles. The SMILES string of the molecule is CC[C@@H](Oc1ccc(F)cc1)C(=O)NCc1nc(-c2ccccc2)no1. The summed E-state index contributed by atoms with van der Waals surface area (Å²) in [5.74, 6) is 0.521. The van der Waals surface area contributed by atoms with Crippen LogP contribution in [0.4, 0.5) is 4.39 Å². The van der Waals surface area contributed by atoms with Crippen molar-refractivity contribution in [3.05, 3.63) is 66.3 Å². The van der Waals surface area contributed by atoms with E-state index in [-0.39, 0.29) is 18.3 Å². The Morgan fingerprint density at radius 2 is 1.92 bits per heavy atom. The number of nitrogens with one attached hydrogen (secondary N) is 1. The molecular weight excluding hydrogens is 337 g/mol. The molecule has 1 atom stereocenters. The second kappa shape index (κ2) is 8.24. The summed E-state index contributed by atoms with van der Waals surface area (Å²) in [5.41, 5.74) is 0.833. The highest BCUT2D eigenvalue weighted by Gasteiger charge is 2.19. The Labute approximate surface area is 150 Å². The van der Waals surface area contributed by atoms with Gasteiger partial charge in [-0.1, -0.05) is 42.4 Å². The number of carbonyl (C=O) groups is 1. The van der Waals surface area contributed by atoms with E-state index >= 15 is 0 Å². The first-order chi connectivity index (χ1) is 12.7. The summed E-state index contributed by atoms with van der Waals surface area (Å²) >= 11 is 0. The fourth-order valence-electron chi connectivity index (χ4n) is 2.31. The Kier molecular flexibility index (Phi) is 5.58. The first kappa shape index (κ1) is 17.6. The van der Waals surface area contributed by atoms with Crippen LogP contribution in [0.1, 0.15) is 19.2 Å². The third-order valence-corrected chi connectivity index (χ3v) is 3.67. The number of hydrogen-bond donors (Lipinski definition) is 1. The van der Waals surface area contributed by atoms with Crippen LogP contribution < -0.4 is 10.1 Å². The van der Waals surface area contributed by atoms with E-state index in [2.05, 4.69) is 15.5 Å². The van der Waals surface area contributed by atoms with Gasteiger partial charge in [0.25, 0.3) is 5.91 Å². The second-order valence-electron chi connectivity index (χ2n) is 5.56. The fraction of sp³-hybridized carbons (Fsp3) is 0.211. The van der Waals surface area contributed by atoms with Crippen molar-refractivity contribution in [3.8, 4) is 17.1 Å². The lowest BCUT2D eigenvalue weighted by Crippen LogP contribution is -2.37. The number of hydrogen-bond acceptors (Lipinski definition) is 5. The summed E-state index contributed by atoms with van der Waals surface area (Å²) in [7, 11) is 0. The average molecular weight is 355 g/mol. The maximum Gasteiger partial charge on any atom is 0.261 e. The van der Waals surface area contributed by atoms with Crippen molar-refractivity contribution in [2.75, 3.05) is 0 Å². The van der Waals surface area contributed by atoms with Crippen LogP contribution in [0.25, 0.3) is 11.4 Å². The molecule has 1 aromatic heterocycles. The van der Waals surface area contributed by atoms with Gasteiger partial charge < -0.3 is 14.6 Å². The third kappa shape index (κ3) is 4.44. The highest BCUT2D eigenvalue weighted by Crippen LogP contribution is 2.16. The van der Waals surface area contributed by atoms with E-state index in [0.29, 0.717) is 23.9 Å². The van der Waals surface area contributed by atoms with E-state index in [1.165, 1.54) is 24.3 Å². The molecular formula is C19H18FN3O3. The monoisotopic (exact) mass is 355 g/mol. The van der Waals surface area contributed by atoms with E-state index in [0.717, 1.165) is 5.56 Å². The van der Waals surface area contributed by atoms with Gasteiger partial charge in [-0.3, -0.25) is 4.79 Å². The molecule has 26 heavy (non-hydrogen) atoms. The average Bonchev–Trinajstić information content (AvgIpc) is 3.15. The van der Waals surface area contributed by atoms with Crippen LogP contribution in [0, 0.1) is 5.82 Å². The second-order valence-corrected chi connectivity index (χ2v) is 5.56. The van der Waals surface area contributed by atoms with Crippen LogP contribution in [0.5, 0.6) is 5.75 Å². The molecule has 1 heterocycles. The molecule has 3 rings (SSSR count). The lowest BCUT2D eigenvalue weighted by Gasteiger charge is -2.16. The molecule has 0 aliphatic carbocycles. The quantitative estimate of drug-likeness (QED) is 0.703. The normalized spacial score (nSPS) is 11.8. The van der Waals surface area contributed by atoms with Gasteiger partial charge >= 0.3 is 0 Å². The van der Waals surface area contributed by atoms with Crippen molar-refractivity contribution in [1.29, 1.82) is 0 Å². The van der Waals surface area contributed by atoms with E-state index < -0.39 is 6.10 Å². The van der Waals surface area contributed by atoms with Crippen molar-refractivity contribution in [1.82, 2.24) is 15.5 Å². The molecule has 6 nitrogen and oxygen atoms in total. The molecule has 0 fully saturated rings. The van der Waals surface area contributed by atoms with Crippen molar-refractivity contribution < 1.29 is 18.4 Å². The topological polar surface area (TPSA) is 77.2 Å². The Morgan fingerprint density at radius 1 is 1.19 bits per heavy atom. The Morgan fingerprint density at radius 3 is 2.62 bits per heavy atom. The van der Waals surface area contributed by atoms with Crippen LogP contribution in [-0.4, -0.2) is 22.2 Å². The molecule has 3 aromatic rings. The highest BCUT2D eigenvalue weighted by molar-refractivity contribution is 5.80. The van der Waals surface area contributed by atoms with Crippen molar-refractivity contribution in [2.45, 2.75) is 26.0 Å². The number of halogens is 1. The van der Waals surface area contributed by atoms with E-state index in [4.69, 9.17) is 9.26 Å². The lowest BCUT2D eigenvalue weighted by atomic mass is 10.2. The lowest BCUT2D eigenvalue weighted by molar-refractivity contribution is -0.128. The van der Waals surface area contributed by atoms with Crippen LogP contribution in [0.2, 0.25) is 0 Å². The van der Waals surface area contributed by atoms with Gasteiger partial charge in [0.1, 0.15) is 11.6 Å². The zero-order chi connectivity index (χ0) is 18.4. The van der Waals surface area contributed by atoms with Crippen molar-refractivity contribution in [2.24, 2.45) is 0 Å². The van der Waals surface area contributed by atoms with Gasteiger partial charge in [-0.05, 0) is 30.7 Å². The van der Waals surface area contributed by atoms with Crippen LogP contribution >= 0.6 is 0 Å². The molecule has 7 heteroatoms. The van der Waals surface area contributed by atoms with Gasteiger partial charge in [-0.15, -0.1) is 0 Å². The van der Waals surface area contributed by atoms with Gasteiger partial charge in [-0.25, -0.2) is 4.39 Å². The summed E-state index contributed by atoms with van der Waals surface area (Å²) in [6.45, 7) is 1.93. The number of carbonyl (C=O) groups excluding carboxylic acids is 1. The fourth-order valence-corrected chi connectivity index (χ4v) is 2.31. The van der Waals surface area contributed by atoms with Gasteiger partial charge in [-0.2, -0.15) is 4.98 Å². The molecule has 0 unspecified atom stereocenters. The number of aromatic nitrogens is 2. The van der Waals surface area contributed by atoms with Gasteiger partial charge in [0.2, 0.25) is 11.7 Å². The minimum Gasteiger partial charge on any atom is -0.481 e. The van der Waals surface area contributed by atoms with Crippen LogP contribution in [-0.2, 0) is 11.3 Å². The van der Waals surface area contributed by atoms with E-state index in [9.17, 15) is 9.18 Å². The molecule has 0 saturated carbocycles. The number of ether oxygens (including phenoxy) is 1. The summed E-state index contributed by atoms with van der Waals surface area (Å²) in [6, 6.07) is 14.9. The highest BCUT2D eigenvalue weighted by atomic mass is 19.1. The largest absolute Gasteiger partial charge is 0.481 e. The molecule has 134 valence electrons. The van der Waals surface area contributed by atoms with Gasteiger partial charge in [0.15, 0.2) is 6.10 Å². The maximum atomic E-state index is 12.9. The third-order valence-electron chi connectivity index (χ3n) is 3.67. The summed E-state index contributed by atoms with van der Waals surface area (Å²) in [4.78, 5) is 16.6. The molecule has 1 amide bonds. The Bertz CT molecular complexity index is 850. The summed E-state index contributed by atoms with van der Waals surface area (Å²) < 4.78 is 23.7. The number of benzene rings is 2. The molecule has 0 aliphatic heterocycles. The molecule has 2 aromatic carbocycles. The number of amides is 1. The van der Waals surface area contributed by atoms with Crippen molar-refractivity contribution >= 4 is 5.91 Å². The zero-order valence-corrected chi connectivity index (χ0v) is 14.2. The number of nitrogens with zero attached hydrogens (tertiary/aromatic N) is 2. The van der Waals surface area contributed by atoms with Crippen molar-refractivity contribution in [3.63, 3.8) is 0 Å². The van der Waals surface area contributed by atoms with E-state index in [1.54, 1.807) is 0 Å². The minimum absolute atomic E-state index is 0.0992. The molecule has 0 radical (unpaired) electrons. The van der Waals surface area contributed by atoms with Crippen LogP contribution in [0.3, 0.4) is 0 Å². The molecule has 0 aliphatic rings. The maximum absolute atomic E-state index is 12.9. The van der Waals surface area contributed by atoms with Gasteiger partial charge in [0, 0.05) is 5.56 Å². The molecule has 0 bridgehead atoms. The van der Waals surface area contributed by atoms with Crippen LogP contribution in [0.15, 0.2) is 59.1 Å². The summed E-state index contributed by atoms with van der Waals surface area (Å²) in [5, 5.41) is 6.61. The van der Waals surface area contributed by atoms with Gasteiger partial charge in [0.05, 0.1) is 6.54 Å². The Hall–Kier alpha value is -3.22. The standard InChI is InChI=1S/C19H18FN3O3/c1-2-16(25-15-10-8-14(20)9-11-15)19(24)21-12-17-22-18(23-26-17)13-6-4-3-5-7-13/h3-11,16H,2,12H2,1H3,(H,21,24)/t16-/m1/s1. The zero-order valence-electron chi connectivity index (χ0n) is 14.2. The smallest absolute Gasteiger partial charge is 0.261 e. The Balaban J connectivity index is 1.57. The number of rotatable bonds is 7. The molecule has 0 spiro atoms. The first-order valence-electron chi connectivity index (χ1n) is 8.23. The predicted octanol–water partition coefficient (Wildman–Crippen LogP) is 3.35. The molecule has 1 N–H and O–H groups in total. The predicted molar refractivity (Wildman–Crippen MR) is 92.7 cm³/mol. The first-order valence-corrected chi connectivity index (χ1v) is 8.23. The van der Waals surface area contributed by atoms with E-state index in [1.807, 2.05) is 37.3 Å². The summed E-state index contributed by atoms with van der Waals surface area (Å²) in [6.07, 6.45) is -0.237.